The van der Waals surface area contributed by atoms with Gasteiger partial charge in [0.2, 0.25) is 10.0 Å². The number of rotatable bonds is 7. The number of nitrogens with one attached hydrogen (secondary N) is 1. The zero-order valence-corrected chi connectivity index (χ0v) is 23.6. The zero-order chi connectivity index (χ0) is 27.1. The lowest BCUT2D eigenvalue weighted by atomic mass is 10.1. The maximum absolute atomic E-state index is 14.0. The topological polar surface area (TPSA) is 136 Å². The Hall–Kier alpha value is -3.48. The molecule has 0 radical (unpaired) electrons. The van der Waals surface area contributed by atoms with Gasteiger partial charge in [-0.15, -0.1) is 0 Å². The molecule has 0 aliphatic carbocycles. The molecule has 1 aromatic heterocycles. The van der Waals surface area contributed by atoms with Crippen LogP contribution < -0.4 is 15.4 Å². The summed E-state index contributed by atoms with van der Waals surface area (Å²) < 4.78 is 35.5. The fourth-order valence-corrected chi connectivity index (χ4v) is 7.65. The third-order valence-electron chi connectivity index (χ3n) is 6.83. The van der Waals surface area contributed by atoms with Gasteiger partial charge in [-0.2, -0.15) is 4.31 Å². The predicted octanol–water partition coefficient (Wildman–Crippen LogP) is 4.11. The van der Waals surface area contributed by atoms with Crippen molar-refractivity contribution in [2.24, 2.45) is 5.11 Å². The summed E-state index contributed by atoms with van der Waals surface area (Å²) in [7, 11) is -3.55. The van der Waals surface area contributed by atoms with Crippen LogP contribution in [0.4, 0.5) is 17.3 Å². The third kappa shape index (κ3) is 4.86. The number of hydrogen-bond acceptors (Lipinski definition) is 8. The molecule has 2 aliphatic heterocycles. The second-order valence-corrected chi connectivity index (χ2v) is 17.4. The molecular formula is C25H30N8O3SSi. The average molecular weight is 551 g/mol. The number of anilines is 2. The molecule has 1 saturated heterocycles. The molecule has 11 nitrogen and oxygen atoms in total. The molecule has 38 heavy (non-hydrogen) atoms. The maximum Gasteiger partial charge on any atom is 0.245 e. The Balaban J connectivity index is 1.49. The first kappa shape index (κ1) is 26.1. The van der Waals surface area contributed by atoms with Crippen molar-refractivity contribution in [2.75, 3.05) is 30.4 Å². The highest BCUT2D eigenvalue weighted by molar-refractivity contribution is 7.89. The van der Waals surface area contributed by atoms with Crippen LogP contribution in [-0.4, -0.2) is 57.0 Å². The van der Waals surface area contributed by atoms with Gasteiger partial charge in [0.1, 0.15) is 18.0 Å². The first-order valence-electron chi connectivity index (χ1n) is 12.3. The summed E-state index contributed by atoms with van der Waals surface area (Å²) >= 11 is 0. The number of benzene rings is 2. The minimum absolute atomic E-state index is 0.246. The fraction of sp³-hybridized carbons (Fsp3) is 0.360. The van der Waals surface area contributed by atoms with Gasteiger partial charge < -0.3 is 15.0 Å². The molecule has 0 unspecified atom stereocenters. The minimum Gasteiger partial charge on any atom is -0.368 e. The lowest BCUT2D eigenvalue weighted by Crippen LogP contribution is -2.41. The summed E-state index contributed by atoms with van der Waals surface area (Å²) in [4.78, 5) is 13.9. The van der Waals surface area contributed by atoms with E-state index in [1.54, 1.807) is 24.3 Å². The van der Waals surface area contributed by atoms with Crippen LogP contribution in [0.5, 0.6) is 0 Å². The molecule has 1 fully saturated rings. The largest absolute Gasteiger partial charge is 0.368 e. The van der Waals surface area contributed by atoms with Crippen molar-refractivity contribution in [3.05, 3.63) is 76.4 Å². The molecular weight excluding hydrogens is 520 g/mol. The molecule has 5 rings (SSSR count). The van der Waals surface area contributed by atoms with Crippen LogP contribution in [0.15, 0.2) is 64.9 Å². The van der Waals surface area contributed by atoms with E-state index in [0.717, 1.165) is 5.56 Å². The molecule has 2 aromatic carbocycles. The van der Waals surface area contributed by atoms with Crippen LogP contribution in [0.2, 0.25) is 19.6 Å². The number of sulfonamides is 1. The lowest BCUT2D eigenvalue weighted by molar-refractivity contribution is 0.0688. The molecule has 3 heterocycles. The first-order chi connectivity index (χ1) is 18.1. The van der Waals surface area contributed by atoms with Gasteiger partial charge in [0.05, 0.1) is 31.2 Å². The standard InChI is InChI=1S/C25H30N8O3SSi/c1-32(14-17-5-7-18(8-6-17)30-31-26)24-22-23(28-16-29-24)27-13-19-15-36-25(22)33(19)37(34,35)20-9-11-21(12-10-20)38(2,3)4/h5-12,16,19,25H,13-15H2,1-4H3,(H,27,28,29)/t19-,25-/m0/s1. The Morgan fingerprint density at radius 1 is 1.16 bits per heavy atom. The lowest BCUT2D eigenvalue weighted by Gasteiger charge is -2.28. The molecule has 198 valence electrons. The van der Waals surface area contributed by atoms with Gasteiger partial charge >= 0.3 is 0 Å². The quantitative estimate of drug-likeness (QED) is 0.202. The van der Waals surface area contributed by atoms with E-state index in [1.165, 1.54) is 15.8 Å². The number of fused-ring (bicyclic) bond motifs is 4. The summed E-state index contributed by atoms with van der Waals surface area (Å²) in [5, 5.41) is 8.13. The van der Waals surface area contributed by atoms with Crippen molar-refractivity contribution >= 4 is 40.6 Å². The van der Waals surface area contributed by atoms with E-state index in [4.69, 9.17) is 10.3 Å². The summed E-state index contributed by atoms with van der Waals surface area (Å²) in [6.45, 7) is 7.82. The van der Waals surface area contributed by atoms with Gasteiger partial charge in [-0.1, -0.05) is 66.3 Å². The number of hydrogen-bond donors (Lipinski definition) is 1. The average Bonchev–Trinajstić information content (AvgIpc) is 3.24. The Kier molecular flexibility index (Phi) is 6.88. The summed E-state index contributed by atoms with van der Waals surface area (Å²) in [5.41, 5.74) is 10.7. The molecule has 13 heteroatoms. The Morgan fingerprint density at radius 3 is 2.53 bits per heavy atom. The highest BCUT2D eigenvalue weighted by Crippen LogP contribution is 2.44. The van der Waals surface area contributed by atoms with Crippen LogP contribution >= 0.6 is 0 Å². The molecule has 2 bridgehead atoms. The highest BCUT2D eigenvalue weighted by Gasteiger charge is 2.48. The number of ether oxygens (including phenoxy) is 1. The second-order valence-electron chi connectivity index (χ2n) is 10.5. The van der Waals surface area contributed by atoms with Crippen molar-refractivity contribution in [1.29, 1.82) is 0 Å². The number of aromatic nitrogens is 2. The van der Waals surface area contributed by atoms with Crippen LogP contribution in [0.25, 0.3) is 10.4 Å². The van der Waals surface area contributed by atoms with Gasteiger partial charge in [0.25, 0.3) is 0 Å². The summed E-state index contributed by atoms with van der Waals surface area (Å²) in [6, 6.07) is 14.1. The first-order valence-corrected chi connectivity index (χ1v) is 17.2. The van der Waals surface area contributed by atoms with Gasteiger partial charge in [-0.3, -0.25) is 0 Å². The summed E-state index contributed by atoms with van der Waals surface area (Å²) in [5.74, 6) is 1.13. The third-order valence-corrected chi connectivity index (χ3v) is 10.8. The van der Waals surface area contributed by atoms with E-state index in [1.807, 2.05) is 36.2 Å². The molecule has 0 spiro atoms. The van der Waals surface area contributed by atoms with E-state index < -0.39 is 24.3 Å². The van der Waals surface area contributed by atoms with Crippen LogP contribution in [0, 0.1) is 0 Å². The number of nitrogens with zero attached hydrogens (tertiary/aromatic N) is 7. The highest BCUT2D eigenvalue weighted by atomic mass is 32.2. The van der Waals surface area contributed by atoms with Crippen LogP contribution in [-0.2, 0) is 21.3 Å². The van der Waals surface area contributed by atoms with E-state index in [0.29, 0.717) is 36.0 Å². The molecule has 0 saturated carbocycles. The van der Waals surface area contributed by atoms with Gasteiger partial charge in [-0.05, 0) is 23.2 Å². The van der Waals surface area contributed by atoms with Crippen molar-refractivity contribution in [2.45, 2.75) is 43.4 Å². The minimum atomic E-state index is -3.87. The van der Waals surface area contributed by atoms with Gasteiger partial charge in [0, 0.05) is 30.7 Å². The fourth-order valence-electron chi connectivity index (χ4n) is 4.81. The molecule has 2 aliphatic rings. The smallest absolute Gasteiger partial charge is 0.245 e. The van der Waals surface area contributed by atoms with E-state index in [9.17, 15) is 8.42 Å². The molecule has 2 atom stereocenters. The van der Waals surface area contributed by atoms with E-state index >= 15 is 0 Å². The molecule has 3 aromatic rings. The van der Waals surface area contributed by atoms with Crippen molar-refractivity contribution < 1.29 is 13.2 Å². The van der Waals surface area contributed by atoms with E-state index in [2.05, 4.69) is 45.0 Å². The summed E-state index contributed by atoms with van der Waals surface area (Å²) in [6.07, 6.45) is 0.604. The number of azide groups is 1. The second kappa shape index (κ2) is 10.0. The molecule has 0 amide bonds. The molecule has 1 N–H and O–H groups in total. The van der Waals surface area contributed by atoms with Crippen LogP contribution in [0.3, 0.4) is 0 Å². The SMILES string of the molecule is CN(Cc1ccc(N=[N+]=[N-])cc1)c1ncnc2c1[C@@H]1OC[C@H](CN2)N1S(=O)(=O)c1ccc([Si](C)(C)C)cc1. The Morgan fingerprint density at radius 2 is 1.87 bits per heavy atom. The monoisotopic (exact) mass is 550 g/mol. The van der Waals surface area contributed by atoms with Gasteiger partial charge in [0.15, 0.2) is 6.23 Å². The van der Waals surface area contributed by atoms with E-state index in [-0.39, 0.29) is 17.5 Å². The van der Waals surface area contributed by atoms with Crippen molar-refractivity contribution in [3.63, 3.8) is 0 Å². The zero-order valence-electron chi connectivity index (χ0n) is 21.7. The normalized spacial score (nSPS) is 19.2. The van der Waals surface area contributed by atoms with Crippen molar-refractivity contribution in [1.82, 2.24) is 14.3 Å². The van der Waals surface area contributed by atoms with Crippen LogP contribution in [0.1, 0.15) is 17.4 Å². The van der Waals surface area contributed by atoms with Gasteiger partial charge in [-0.25, -0.2) is 18.4 Å². The Bertz CT molecular complexity index is 1490. The predicted molar refractivity (Wildman–Crippen MR) is 149 cm³/mol. The maximum atomic E-state index is 14.0. The Labute approximate surface area is 223 Å². The van der Waals surface area contributed by atoms with Crippen molar-refractivity contribution in [3.8, 4) is 0 Å².